The van der Waals surface area contributed by atoms with Gasteiger partial charge in [-0.15, -0.1) is 0 Å². The topological polar surface area (TPSA) is 32.3 Å². The smallest absolute Gasteiger partial charge is 0.0636 e. The lowest BCUT2D eigenvalue weighted by Gasteiger charge is -2.25. The van der Waals surface area contributed by atoms with E-state index in [1.165, 1.54) is 0 Å². The fraction of sp³-hybridized carbons (Fsp3) is 1.00. The van der Waals surface area contributed by atoms with Crippen molar-refractivity contribution in [3.05, 3.63) is 0 Å². The van der Waals surface area contributed by atoms with Crippen molar-refractivity contribution in [3.63, 3.8) is 0 Å². The summed E-state index contributed by atoms with van der Waals surface area (Å²) < 4.78 is 0. The summed E-state index contributed by atoms with van der Waals surface area (Å²) in [5, 5.41) is 12.2. The maximum atomic E-state index is 8.95. The van der Waals surface area contributed by atoms with Gasteiger partial charge in [0.1, 0.15) is 0 Å². The molecule has 0 aromatic carbocycles. The zero-order chi connectivity index (χ0) is 8.20. The number of aliphatic hydroxyl groups is 1. The highest BCUT2D eigenvalue weighted by Crippen LogP contribution is 2.05. The van der Waals surface area contributed by atoms with Crippen LogP contribution in [-0.4, -0.2) is 23.3 Å². The first-order chi connectivity index (χ1) is 4.48. The molecular weight excluding hydrogens is 126 g/mol. The van der Waals surface area contributed by atoms with Gasteiger partial charge in [0.05, 0.1) is 6.10 Å². The fourth-order valence-electron chi connectivity index (χ4n) is 0.549. The van der Waals surface area contributed by atoms with Crippen molar-refractivity contribution >= 4 is 0 Å². The van der Waals surface area contributed by atoms with Crippen LogP contribution in [0.25, 0.3) is 0 Å². The van der Waals surface area contributed by atoms with Gasteiger partial charge in [0.2, 0.25) is 0 Å². The normalized spacial score (nSPS) is 15.3. The molecule has 0 amide bonds. The van der Waals surface area contributed by atoms with Gasteiger partial charge >= 0.3 is 0 Å². The van der Waals surface area contributed by atoms with E-state index in [-0.39, 0.29) is 11.6 Å². The summed E-state index contributed by atoms with van der Waals surface area (Å²) in [5.41, 5.74) is 0.164. The number of rotatable bonds is 4. The second kappa shape index (κ2) is 3.94. The minimum atomic E-state index is -0.245. The summed E-state index contributed by atoms with van der Waals surface area (Å²) in [6.45, 7) is 8.87. The highest BCUT2D eigenvalue weighted by molar-refractivity contribution is 4.75. The van der Waals surface area contributed by atoms with Gasteiger partial charge in [0, 0.05) is 12.1 Å². The summed E-state index contributed by atoms with van der Waals surface area (Å²) in [6.07, 6.45) is 0.838. The molecule has 0 aromatic heterocycles. The van der Waals surface area contributed by atoms with E-state index in [1.54, 1.807) is 6.92 Å². The van der Waals surface area contributed by atoms with Gasteiger partial charge in [-0.05, 0) is 27.2 Å². The van der Waals surface area contributed by atoms with E-state index in [1.807, 2.05) is 0 Å². The van der Waals surface area contributed by atoms with E-state index < -0.39 is 0 Å². The van der Waals surface area contributed by atoms with E-state index in [0.717, 1.165) is 6.42 Å². The lowest BCUT2D eigenvalue weighted by molar-refractivity contribution is 0.175. The van der Waals surface area contributed by atoms with Crippen LogP contribution < -0.4 is 5.32 Å². The molecule has 1 atom stereocenters. The second-order valence-corrected chi connectivity index (χ2v) is 3.47. The summed E-state index contributed by atoms with van der Waals surface area (Å²) in [7, 11) is 0. The van der Waals surface area contributed by atoms with Crippen LogP contribution in [0.3, 0.4) is 0 Å². The SMILES string of the molecule is CCC(C)(C)NC[C@@H](C)O. The summed E-state index contributed by atoms with van der Waals surface area (Å²) >= 11 is 0. The van der Waals surface area contributed by atoms with Crippen LogP contribution in [0.2, 0.25) is 0 Å². The van der Waals surface area contributed by atoms with Gasteiger partial charge in [-0.25, -0.2) is 0 Å². The van der Waals surface area contributed by atoms with Crippen molar-refractivity contribution in [1.29, 1.82) is 0 Å². The maximum Gasteiger partial charge on any atom is 0.0636 e. The van der Waals surface area contributed by atoms with Gasteiger partial charge in [-0.1, -0.05) is 6.92 Å². The highest BCUT2D eigenvalue weighted by atomic mass is 16.3. The van der Waals surface area contributed by atoms with E-state index in [4.69, 9.17) is 5.11 Å². The molecule has 2 heteroatoms. The second-order valence-electron chi connectivity index (χ2n) is 3.47. The van der Waals surface area contributed by atoms with Crippen LogP contribution in [-0.2, 0) is 0 Å². The summed E-state index contributed by atoms with van der Waals surface area (Å²) in [4.78, 5) is 0. The number of β-amino-alcohol motifs (C(OH)–C–C–N with tert-alkyl or cyclic N) is 1. The number of hydrogen-bond donors (Lipinski definition) is 2. The fourth-order valence-corrected chi connectivity index (χ4v) is 0.549. The van der Waals surface area contributed by atoms with Crippen LogP contribution in [0.5, 0.6) is 0 Å². The van der Waals surface area contributed by atoms with Crippen molar-refractivity contribution in [3.8, 4) is 0 Å². The molecule has 0 radical (unpaired) electrons. The average molecular weight is 145 g/mol. The van der Waals surface area contributed by atoms with E-state index >= 15 is 0 Å². The molecule has 0 aliphatic rings. The number of nitrogens with one attached hydrogen (secondary N) is 1. The summed E-state index contributed by atoms with van der Waals surface area (Å²) in [6, 6.07) is 0. The zero-order valence-electron chi connectivity index (χ0n) is 7.44. The Bertz CT molecular complexity index is 89.3. The van der Waals surface area contributed by atoms with Crippen molar-refractivity contribution in [2.75, 3.05) is 6.54 Å². The quantitative estimate of drug-likeness (QED) is 0.622. The van der Waals surface area contributed by atoms with Crippen molar-refractivity contribution in [2.24, 2.45) is 0 Å². The molecule has 0 unspecified atom stereocenters. The van der Waals surface area contributed by atoms with E-state index in [9.17, 15) is 0 Å². The van der Waals surface area contributed by atoms with Gasteiger partial charge in [0.25, 0.3) is 0 Å². The van der Waals surface area contributed by atoms with Crippen LogP contribution in [0.1, 0.15) is 34.1 Å². The lowest BCUT2D eigenvalue weighted by Crippen LogP contribution is -2.42. The monoisotopic (exact) mass is 145 g/mol. The zero-order valence-corrected chi connectivity index (χ0v) is 7.44. The third-order valence-corrected chi connectivity index (χ3v) is 1.76. The van der Waals surface area contributed by atoms with Crippen LogP contribution in [0.4, 0.5) is 0 Å². The average Bonchev–Trinajstić information content (AvgIpc) is 1.85. The molecule has 0 saturated heterocycles. The first-order valence-corrected chi connectivity index (χ1v) is 3.91. The minimum absolute atomic E-state index is 0.164. The largest absolute Gasteiger partial charge is 0.392 e. The maximum absolute atomic E-state index is 8.95. The van der Waals surface area contributed by atoms with Crippen molar-refractivity contribution in [2.45, 2.75) is 45.8 Å². The molecule has 2 N–H and O–H groups in total. The minimum Gasteiger partial charge on any atom is -0.392 e. The molecule has 0 rings (SSSR count). The first-order valence-electron chi connectivity index (χ1n) is 3.91. The molecule has 10 heavy (non-hydrogen) atoms. The third kappa shape index (κ3) is 4.77. The molecule has 0 aliphatic carbocycles. The molecule has 2 nitrogen and oxygen atoms in total. The summed E-state index contributed by atoms with van der Waals surface area (Å²) in [5.74, 6) is 0. The molecule has 0 aliphatic heterocycles. The van der Waals surface area contributed by atoms with Crippen molar-refractivity contribution in [1.82, 2.24) is 5.32 Å². The van der Waals surface area contributed by atoms with Crippen LogP contribution in [0, 0.1) is 0 Å². The lowest BCUT2D eigenvalue weighted by atomic mass is 10.0. The van der Waals surface area contributed by atoms with Gasteiger partial charge in [-0.3, -0.25) is 0 Å². The van der Waals surface area contributed by atoms with Gasteiger partial charge < -0.3 is 10.4 Å². The van der Waals surface area contributed by atoms with Gasteiger partial charge in [-0.2, -0.15) is 0 Å². The van der Waals surface area contributed by atoms with Crippen LogP contribution in [0.15, 0.2) is 0 Å². The Balaban J connectivity index is 3.46. The van der Waals surface area contributed by atoms with Crippen molar-refractivity contribution < 1.29 is 5.11 Å². The Morgan fingerprint density at radius 3 is 2.30 bits per heavy atom. The molecule has 0 spiro atoms. The molecule has 0 aromatic rings. The van der Waals surface area contributed by atoms with E-state index in [0.29, 0.717) is 6.54 Å². The first kappa shape index (κ1) is 9.92. The Kier molecular flexibility index (Phi) is 3.91. The predicted octanol–water partition coefficient (Wildman–Crippen LogP) is 1.15. The Hall–Kier alpha value is -0.0800. The van der Waals surface area contributed by atoms with Gasteiger partial charge in [0.15, 0.2) is 0 Å². The Morgan fingerprint density at radius 2 is 2.00 bits per heavy atom. The predicted molar refractivity (Wildman–Crippen MR) is 44.1 cm³/mol. The molecular formula is C8H19NO. The molecule has 0 bridgehead atoms. The number of aliphatic hydroxyl groups excluding tert-OH is 1. The molecule has 62 valence electrons. The Morgan fingerprint density at radius 1 is 1.50 bits per heavy atom. The molecule has 0 heterocycles. The highest BCUT2D eigenvalue weighted by Gasteiger charge is 2.13. The Labute approximate surface area is 63.6 Å². The number of hydrogen-bond acceptors (Lipinski definition) is 2. The standard InChI is InChI=1S/C8H19NO/c1-5-8(3,4)9-6-7(2)10/h7,9-10H,5-6H2,1-4H3/t7-/m1/s1. The molecule has 0 fully saturated rings. The third-order valence-electron chi connectivity index (χ3n) is 1.76. The van der Waals surface area contributed by atoms with E-state index in [2.05, 4.69) is 26.1 Å². The molecule has 0 saturated carbocycles. The van der Waals surface area contributed by atoms with Crippen LogP contribution >= 0.6 is 0 Å².